The normalized spacial score (nSPS) is 14.8. The summed E-state index contributed by atoms with van der Waals surface area (Å²) in [5, 5.41) is 4.04. The van der Waals surface area contributed by atoms with Gasteiger partial charge in [-0.15, -0.1) is 0 Å². The summed E-state index contributed by atoms with van der Waals surface area (Å²) in [6, 6.07) is 18.0. The lowest BCUT2D eigenvalue weighted by molar-refractivity contribution is 0.0383. The molecule has 1 aromatic heterocycles. The molecule has 1 saturated heterocycles. The molecule has 2 heterocycles. The molecule has 0 aliphatic carbocycles. The number of hydrogen-bond acceptors (Lipinski definition) is 4. The number of hydrogen-bond donors (Lipinski definition) is 1. The summed E-state index contributed by atoms with van der Waals surface area (Å²) >= 11 is 0. The van der Waals surface area contributed by atoms with Gasteiger partial charge < -0.3 is 19.4 Å². The number of carbonyl (C=O) groups is 1. The number of nitrogens with one attached hydrogen (secondary N) is 1. The first-order chi connectivity index (χ1) is 15.8. The zero-order valence-electron chi connectivity index (χ0n) is 18.6. The van der Waals surface area contributed by atoms with Gasteiger partial charge in [0, 0.05) is 38.1 Å². The van der Waals surface area contributed by atoms with E-state index in [-0.39, 0.29) is 5.91 Å². The summed E-state index contributed by atoms with van der Waals surface area (Å²) in [6.45, 7) is 7.91. The minimum absolute atomic E-state index is 0.0621. The molecule has 1 amide bonds. The smallest absolute Gasteiger partial charge is 0.268 e. The SMILES string of the molecule is C/C=C\Cn1c(C(=O)NCCN2CCOCC2)cc2c(OCc3ccccc3)cccc21. The van der Waals surface area contributed by atoms with E-state index in [2.05, 4.69) is 20.9 Å². The first-order valence-electron chi connectivity index (χ1n) is 11.2. The number of aromatic nitrogens is 1. The van der Waals surface area contributed by atoms with Crippen LogP contribution in [0.2, 0.25) is 0 Å². The number of rotatable bonds is 9. The second-order valence-corrected chi connectivity index (χ2v) is 7.88. The van der Waals surface area contributed by atoms with Crippen molar-refractivity contribution in [2.75, 3.05) is 39.4 Å². The first-order valence-corrected chi connectivity index (χ1v) is 11.2. The number of allylic oxidation sites excluding steroid dienone is 2. The summed E-state index contributed by atoms with van der Waals surface area (Å²) in [4.78, 5) is 15.4. The Morgan fingerprint density at radius 1 is 1.12 bits per heavy atom. The average Bonchev–Trinajstić information content (AvgIpc) is 3.22. The number of ether oxygens (including phenoxy) is 2. The van der Waals surface area contributed by atoms with E-state index in [0.717, 1.165) is 55.1 Å². The number of amides is 1. The van der Waals surface area contributed by atoms with Gasteiger partial charge in [-0.3, -0.25) is 9.69 Å². The zero-order valence-corrected chi connectivity index (χ0v) is 18.6. The average molecular weight is 434 g/mol. The second kappa shape index (κ2) is 11.0. The summed E-state index contributed by atoms with van der Waals surface area (Å²) in [6.07, 6.45) is 4.06. The van der Waals surface area contributed by atoms with Crippen LogP contribution in [0.1, 0.15) is 23.0 Å². The molecule has 2 aromatic carbocycles. The van der Waals surface area contributed by atoms with Crippen LogP contribution < -0.4 is 10.1 Å². The van der Waals surface area contributed by atoms with Crippen molar-refractivity contribution < 1.29 is 14.3 Å². The Hall–Kier alpha value is -3.09. The fourth-order valence-electron chi connectivity index (χ4n) is 3.96. The molecule has 0 atom stereocenters. The van der Waals surface area contributed by atoms with Crippen LogP contribution in [-0.4, -0.2) is 54.8 Å². The molecule has 4 rings (SSSR count). The summed E-state index contributed by atoms with van der Waals surface area (Å²) in [5.41, 5.74) is 2.75. The number of morpholine rings is 1. The van der Waals surface area contributed by atoms with Crippen LogP contribution in [0, 0.1) is 0 Å². The monoisotopic (exact) mass is 433 g/mol. The highest BCUT2D eigenvalue weighted by Gasteiger charge is 2.18. The van der Waals surface area contributed by atoms with Crippen LogP contribution in [0.4, 0.5) is 0 Å². The van der Waals surface area contributed by atoms with Crippen molar-refractivity contribution in [3.8, 4) is 5.75 Å². The van der Waals surface area contributed by atoms with Gasteiger partial charge in [-0.05, 0) is 30.7 Å². The number of benzene rings is 2. The maximum absolute atomic E-state index is 13.1. The van der Waals surface area contributed by atoms with Crippen LogP contribution in [-0.2, 0) is 17.9 Å². The van der Waals surface area contributed by atoms with Gasteiger partial charge in [-0.2, -0.15) is 0 Å². The Kier molecular flexibility index (Phi) is 7.59. The molecule has 1 aliphatic heterocycles. The van der Waals surface area contributed by atoms with Crippen LogP contribution in [0.3, 0.4) is 0 Å². The van der Waals surface area contributed by atoms with E-state index < -0.39 is 0 Å². The van der Waals surface area contributed by atoms with Gasteiger partial charge in [-0.25, -0.2) is 0 Å². The minimum Gasteiger partial charge on any atom is -0.488 e. The van der Waals surface area contributed by atoms with Gasteiger partial charge in [0.2, 0.25) is 0 Å². The van der Waals surface area contributed by atoms with Crippen molar-refractivity contribution in [1.82, 2.24) is 14.8 Å². The molecule has 168 valence electrons. The van der Waals surface area contributed by atoms with E-state index in [1.807, 2.05) is 67.6 Å². The lowest BCUT2D eigenvalue weighted by Gasteiger charge is -2.26. The molecular formula is C26H31N3O3. The zero-order chi connectivity index (χ0) is 22.2. The summed E-state index contributed by atoms with van der Waals surface area (Å²) < 4.78 is 13.6. The standard InChI is InChI=1S/C26H31N3O3/c1-2-3-13-29-23-10-7-11-25(32-20-21-8-5-4-6-9-21)22(23)19-24(29)26(30)27-12-14-28-15-17-31-18-16-28/h2-11,19H,12-18,20H2,1H3,(H,27,30)/b3-2-. The Morgan fingerprint density at radius 2 is 1.94 bits per heavy atom. The molecule has 1 N–H and O–H groups in total. The van der Waals surface area contributed by atoms with Crippen LogP contribution in [0.5, 0.6) is 5.75 Å². The molecule has 32 heavy (non-hydrogen) atoms. The first kappa shape index (κ1) is 22.1. The lowest BCUT2D eigenvalue weighted by atomic mass is 10.2. The highest BCUT2D eigenvalue weighted by molar-refractivity contribution is 6.00. The fraction of sp³-hybridized carbons (Fsp3) is 0.346. The Bertz CT molecular complexity index is 1050. The van der Waals surface area contributed by atoms with E-state index in [1.54, 1.807) is 0 Å². The molecule has 0 bridgehead atoms. The molecule has 1 aliphatic rings. The number of nitrogens with zero attached hydrogens (tertiary/aromatic N) is 2. The minimum atomic E-state index is -0.0621. The lowest BCUT2D eigenvalue weighted by Crippen LogP contribution is -2.41. The topological polar surface area (TPSA) is 55.7 Å². The van der Waals surface area contributed by atoms with Gasteiger partial charge in [0.15, 0.2) is 0 Å². The van der Waals surface area contributed by atoms with Crippen molar-refractivity contribution in [3.63, 3.8) is 0 Å². The maximum Gasteiger partial charge on any atom is 0.268 e. The third kappa shape index (κ3) is 5.39. The highest BCUT2D eigenvalue weighted by atomic mass is 16.5. The van der Waals surface area contributed by atoms with Gasteiger partial charge >= 0.3 is 0 Å². The number of carbonyl (C=O) groups excluding carboxylic acids is 1. The largest absolute Gasteiger partial charge is 0.488 e. The quantitative estimate of drug-likeness (QED) is 0.521. The predicted molar refractivity (Wildman–Crippen MR) is 127 cm³/mol. The van der Waals surface area contributed by atoms with Gasteiger partial charge in [0.05, 0.1) is 18.7 Å². The second-order valence-electron chi connectivity index (χ2n) is 7.88. The van der Waals surface area contributed by atoms with E-state index in [1.165, 1.54) is 0 Å². The van der Waals surface area contributed by atoms with Gasteiger partial charge in [0.25, 0.3) is 5.91 Å². The van der Waals surface area contributed by atoms with E-state index in [0.29, 0.717) is 25.4 Å². The van der Waals surface area contributed by atoms with E-state index in [4.69, 9.17) is 9.47 Å². The third-order valence-corrected chi connectivity index (χ3v) is 5.72. The maximum atomic E-state index is 13.1. The number of fused-ring (bicyclic) bond motifs is 1. The van der Waals surface area contributed by atoms with Crippen LogP contribution in [0.15, 0.2) is 66.7 Å². The highest BCUT2D eigenvalue weighted by Crippen LogP contribution is 2.30. The Morgan fingerprint density at radius 3 is 2.72 bits per heavy atom. The third-order valence-electron chi connectivity index (χ3n) is 5.72. The van der Waals surface area contributed by atoms with Gasteiger partial charge in [-0.1, -0.05) is 48.6 Å². The molecule has 1 fully saturated rings. The van der Waals surface area contributed by atoms with Crippen LogP contribution in [0.25, 0.3) is 10.9 Å². The predicted octanol–water partition coefficient (Wildman–Crippen LogP) is 3.86. The van der Waals surface area contributed by atoms with Crippen molar-refractivity contribution in [2.24, 2.45) is 0 Å². The molecule has 0 saturated carbocycles. The van der Waals surface area contributed by atoms with Crippen molar-refractivity contribution in [2.45, 2.75) is 20.1 Å². The van der Waals surface area contributed by atoms with Crippen molar-refractivity contribution in [3.05, 3.63) is 78.0 Å². The summed E-state index contributed by atoms with van der Waals surface area (Å²) in [5.74, 6) is 0.723. The van der Waals surface area contributed by atoms with Crippen LogP contribution >= 0.6 is 0 Å². The molecule has 6 nitrogen and oxygen atoms in total. The van der Waals surface area contributed by atoms with Gasteiger partial charge in [0.1, 0.15) is 18.1 Å². The fourth-order valence-corrected chi connectivity index (χ4v) is 3.96. The molecule has 0 unspecified atom stereocenters. The van der Waals surface area contributed by atoms with Crippen molar-refractivity contribution >= 4 is 16.8 Å². The molecular weight excluding hydrogens is 402 g/mol. The molecule has 0 spiro atoms. The Balaban J connectivity index is 1.52. The van der Waals surface area contributed by atoms with E-state index >= 15 is 0 Å². The molecule has 3 aromatic rings. The Labute approximate surface area is 189 Å². The molecule has 6 heteroatoms. The molecule has 0 radical (unpaired) electrons. The van der Waals surface area contributed by atoms with E-state index in [9.17, 15) is 4.79 Å². The van der Waals surface area contributed by atoms with Crippen molar-refractivity contribution in [1.29, 1.82) is 0 Å². The summed E-state index contributed by atoms with van der Waals surface area (Å²) in [7, 11) is 0.